The molecule has 0 saturated heterocycles. The summed E-state index contributed by atoms with van der Waals surface area (Å²) >= 11 is 0. The second kappa shape index (κ2) is 4.25. The topological polar surface area (TPSA) is 55.1 Å². The molecule has 0 aromatic heterocycles. The molecule has 4 unspecified atom stereocenters. The first-order chi connectivity index (χ1) is 9.98. The van der Waals surface area contributed by atoms with Gasteiger partial charge in [0.05, 0.1) is 5.41 Å². The number of anilines is 1. The van der Waals surface area contributed by atoms with Crippen molar-refractivity contribution in [3.8, 4) is 0 Å². The Balaban J connectivity index is 1.46. The lowest BCUT2D eigenvalue weighted by atomic mass is 9.83. The number of amides is 1. The van der Waals surface area contributed by atoms with Crippen molar-refractivity contribution in [1.82, 2.24) is 5.32 Å². The second-order valence-electron chi connectivity index (χ2n) is 7.73. The molecule has 1 amide bonds. The molecule has 2 bridgehead atoms. The number of nitrogens with one attached hydrogen (secondary N) is 1. The van der Waals surface area contributed by atoms with Crippen molar-refractivity contribution in [2.45, 2.75) is 44.6 Å². The fraction of sp³-hybridized carbons (Fsp3) is 0.611. The Kier molecular flexibility index (Phi) is 2.66. The molecule has 1 aromatic rings. The molecule has 112 valence electrons. The third-order valence-electron chi connectivity index (χ3n) is 6.23. The Morgan fingerprint density at radius 2 is 1.71 bits per heavy atom. The van der Waals surface area contributed by atoms with Crippen LogP contribution in [-0.4, -0.2) is 11.9 Å². The van der Waals surface area contributed by atoms with Gasteiger partial charge in [0.25, 0.3) is 0 Å². The van der Waals surface area contributed by atoms with Crippen molar-refractivity contribution in [3.63, 3.8) is 0 Å². The van der Waals surface area contributed by atoms with E-state index in [4.69, 9.17) is 5.73 Å². The summed E-state index contributed by atoms with van der Waals surface area (Å²) in [5.41, 5.74) is 7.01. The van der Waals surface area contributed by atoms with Gasteiger partial charge in [-0.15, -0.1) is 0 Å². The van der Waals surface area contributed by atoms with E-state index in [1.165, 1.54) is 19.3 Å². The van der Waals surface area contributed by atoms with Gasteiger partial charge in [-0.05, 0) is 74.5 Å². The smallest absolute Gasteiger partial charge is 0.230 e. The van der Waals surface area contributed by atoms with Crippen LogP contribution in [0.25, 0.3) is 0 Å². The van der Waals surface area contributed by atoms with Crippen molar-refractivity contribution in [2.75, 3.05) is 5.73 Å². The van der Waals surface area contributed by atoms with Crippen LogP contribution in [0.15, 0.2) is 24.3 Å². The van der Waals surface area contributed by atoms with E-state index < -0.39 is 5.41 Å². The lowest BCUT2D eigenvalue weighted by Crippen LogP contribution is -2.42. The molecule has 4 rings (SSSR count). The first-order valence-corrected chi connectivity index (χ1v) is 8.15. The summed E-state index contributed by atoms with van der Waals surface area (Å²) in [5.74, 6) is 3.52. The Morgan fingerprint density at radius 3 is 2.29 bits per heavy atom. The predicted octanol–water partition coefficient (Wildman–Crippen LogP) is 2.71. The Morgan fingerprint density at radius 1 is 1.14 bits per heavy atom. The quantitative estimate of drug-likeness (QED) is 0.839. The second-order valence-corrected chi connectivity index (χ2v) is 7.73. The van der Waals surface area contributed by atoms with E-state index in [0.29, 0.717) is 6.04 Å². The predicted molar refractivity (Wildman–Crippen MR) is 83.6 cm³/mol. The van der Waals surface area contributed by atoms with Gasteiger partial charge in [-0.25, -0.2) is 0 Å². The maximum Gasteiger partial charge on any atom is 0.230 e. The molecule has 21 heavy (non-hydrogen) atoms. The van der Waals surface area contributed by atoms with Gasteiger partial charge in [-0.3, -0.25) is 4.79 Å². The van der Waals surface area contributed by atoms with Crippen molar-refractivity contribution < 1.29 is 4.79 Å². The number of rotatable bonds is 3. The highest BCUT2D eigenvalue weighted by atomic mass is 16.2. The Labute approximate surface area is 126 Å². The zero-order valence-electron chi connectivity index (χ0n) is 12.8. The number of nitrogen functional groups attached to an aromatic ring is 1. The van der Waals surface area contributed by atoms with E-state index in [9.17, 15) is 4.79 Å². The van der Waals surface area contributed by atoms with Crippen molar-refractivity contribution in [2.24, 2.45) is 23.7 Å². The van der Waals surface area contributed by atoms with E-state index in [-0.39, 0.29) is 5.91 Å². The fourth-order valence-electron chi connectivity index (χ4n) is 4.88. The van der Waals surface area contributed by atoms with Gasteiger partial charge < -0.3 is 11.1 Å². The van der Waals surface area contributed by atoms with E-state index in [2.05, 4.69) is 5.32 Å². The molecule has 3 fully saturated rings. The van der Waals surface area contributed by atoms with Crippen molar-refractivity contribution in [3.05, 3.63) is 29.8 Å². The molecule has 3 heteroatoms. The maximum absolute atomic E-state index is 12.7. The summed E-state index contributed by atoms with van der Waals surface area (Å²) in [6.07, 6.45) is 4.20. The number of nitrogens with two attached hydrogens (primary N) is 1. The largest absolute Gasteiger partial charge is 0.399 e. The standard InChI is InChI=1S/C18H24N2O/c1-18(2,12-5-7-13(19)8-6-12)17(21)20-16-14-10-3-4-11(9-10)15(14)16/h5-8,10-11,14-16H,3-4,9,19H2,1-2H3,(H,20,21). The number of hydrogen-bond donors (Lipinski definition) is 2. The molecule has 3 nitrogen and oxygen atoms in total. The van der Waals surface area contributed by atoms with Crippen LogP contribution in [0.1, 0.15) is 38.7 Å². The van der Waals surface area contributed by atoms with E-state index in [1.54, 1.807) is 0 Å². The molecule has 3 aliphatic rings. The minimum absolute atomic E-state index is 0.158. The Bertz CT molecular complexity index is 561. The maximum atomic E-state index is 12.7. The lowest BCUT2D eigenvalue weighted by Gasteiger charge is -2.25. The van der Waals surface area contributed by atoms with Gasteiger partial charge >= 0.3 is 0 Å². The number of benzene rings is 1. The van der Waals surface area contributed by atoms with Crippen LogP contribution in [0.2, 0.25) is 0 Å². The third-order valence-corrected chi connectivity index (χ3v) is 6.23. The highest BCUT2D eigenvalue weighted by molar-refractivity contribution is 5.88. The average molecular weight is 284 g/mol. The van der Waals surface area contributed by atoms with Gasteiger partial charge in [0.15, 0.2) is 0 Å². The van der Waals surface area contributed by atoms with Crippen LogP contribution in [0.3, 0.4) is 0 Å². The zero-order valence-corrected chi connectivity index (χ0v) is 12.8. The van der Waals surface area contributed by atoms with Crippen LogP contribution in [0, 0.1) is 23.7 Å². The van der Waals surface area contributed by atoms with Crippen LogP contribution in [0.4, 0.5) is 5.69 Å². The zero-order chi connectivity index (χ0) is 14.8. The normalized spacial score (nSPS) is 36.4. The molecule has 0 aliphatic heterocycles. The molecule has 1 aromatic carbocycles. The molecule has 3 N–H and O–H groups in total. The molecule has 4 atom stereocenters. The molecular weight excluding hydrogens is 260 g/mol. The highest BCUT2D eigenvalue weighted by Gasteiger charge is 2.65. The third kappa shape index (κ3) is 1.90. The highest BCUT2D eigenvalue weighted by Crippen LogP contribution is 2.65. The summed E-state index contributed by atoms with van der Waals surface area (Å²) in [7, 11) is 0. The van der Waals surface area contributed by atoms with E-state index in [1.807, 2.05) is 38.1 Å². The summed E-state index contributed by atoms with van der Waals surface area (Å²) < 4.78 is 0. The first-order valence-electron chi connectivity index (χ1n) is 8.15. The monoisotopic (exact) mass is 284 g/mol. The molecular formula is C18H24N2O. The molecule has 3 aliphatic carbocycles. The number of carbonyl (C=O) groups excluding carboxylic acids is 1. The lowest BCUT2D eigenvalue weighted by molar-refractivity contribution is -0.126. The SMILES string of the molecule is CC(C)(C(=O)NC1C2C3CCC(C3)C12)c1ccc(N)cc1. The number of fused-ring (bicyclic) bond motifs is 5. The summed E-state index contributed by atoms with van der Waals surface area (Å²) in [6.45, 7) is 4.00. The van der Waals surface area contributed by atoms with Gasteiger partial charge in [-0.2, -0.15) is 0 Å². The van der Waals surface area contributed by atoms with Gasteiger partial charge in [-0.1, -0.05) is 12.1 Å². The van der Waals surface area contributed by atoms with Crippen molar-refractivity contribution >= 4 is 11.6 Å². The van der Waals surface area contributed by atoms with Crippen LogP contribution >= 0.6 is 0 Å². The molecule has 0 radical (unpaired) electrons. The molecule has 0 heterocycles. The van der Waals surface area contributed by atoms with E-state index in [0.717, 1.165) is 34.9 Å². The molecule has 0 spiro atoms. The summed E-state index contributed by atoms with van der Waals surface area (Å²) in [5, 5.41) is 3.34. The van der Waals surface area contributed by atoms with Crippen molar-refractivity contribution in [1.29, 1.82) is 0 Å². The fourth-order valence-corrected chi connectivity index (χ4v) is 4.88. The van der Waals surface area contributed by atoms with Gasteiger partial charge in [0, 0.05) is 11.7 Å². The minimum atomic E-state index is -0.496. The van der Waals surface area contributed by atoms with Crippen LogP contribution in [0.5, 0.6) is 0 Å². The number of carbonyl (C=O) groups is 1. The minimum Gasteiger partial charge on any atom is -0.399 e. The van der Waals surface area contributed by atoms with Crippen LogP contribution in [-0.2, 0) is 10.2 Å². The molecule has 3 saturated carbocycles. The van der Waals surface area contributed by atoms with Gasteiger partial charge in [0.2, 0.25) is 5.91 Å². The average Bonchev–Trinajstić information content (AvgIpc) is 2.83. The summed E-state index contributed by atoms with van der Waals surface area (Å²) in [6, 6.07) is 8.13. The first kappa shape index (κ1) is 13.2. The van der Waals surface area contributed by atoms with Gasteiger partial charge in [0.1, 0.15) is 0 Å². The van der Waals surface area contributed by atoms with E-state index >= 15 is 0 Å². The summed E-state index contributed by atoms with van der Waals surface area (Å²) in [4.78, 5) is 12.7. The number of hydrogen-bond acceptors (Lipinski definition) is 2. The Hall–Kier alpha value is -1.51. The van der Waals surface area contributed by atoms with Crippen LogP contribution < -0.4 is 11.1 Å².